The van der Waals surface area contributed by atoms with Crippen molar-refractivity contribution in [1.82, 2.24) is 0 Å². The molecule has 1 aromatic carbocycles. The number of hydrogen-bond donors (Lipinski definition) is 1. The average Bonchev–Trinajstić information content (AvgIpc) is 2.41. The maximum atomic E-state index is 13.5. The molecule has 0 aromatic heterocycles. The van der Waals surface area contributed by atoms with E-state index in [-0.39, 0.29) is 11.7 Å². The van der Waals surface area contributed by atoms with Crippen LogP contribution >= 0.6 is 15.9 Å². The van der Waals surface area contributed by atoms with Gasteiger partial charge in [-0.1, -0.05) is 19.8 Å². The molecule has 1 fully saturated rings. The zero-order valence-corrected chi connectivity index (χ0v) is 12.9. The lowest BCUT2D eigenvalue weighted by atomic mass is 9.78. The Kier molecular flexibility index (Phi) is 4.85. The summed E-state index contributed by atoms with van der Waals surface area (Å²) in [6.45, 7) is 2.25. The van der Waals surface area contributed by atoms with Gasteiger partial charge in [0.1, 0.15) is 11.6 Å². The van der Waals surface area contributed by atoms with Crippen LogP contribution in [0.3, 0.4) is 0 Å². The molecule has 0 amide bonds. The topological polar surface area (TPSA) is 29.5 Å². The molecule has 0 radical (unpaired) electrons. The standard InChI is InChI=1S/C15H20BrFO2/c1-9-3-5-10(6-4-9)15(18)11-7-12(16)13(17)8-14(11)19-2/h7-10,15,18H,3-6H2,1-2H3. The molecule has 2 rings (SSSR count). The number of rotatable bonds is 3. The minimum absolute atomic E-state index is 0.238. The largest absolute Gasteiger partial charge is 0.496 e. The SMILES string of the molecule is COc1cc(F)c(Br)cc1C(O)C1CCC(C)CC1. The number of benzene rings is 1. The minimum atomic E-state index is -0.584. The number of hydrogen-bond acceptors (Lipinski definition) is 2. The van der Waals surface area contributed by atoms with Gasteiger partial charge in [0.05, 0.1) is 17.7 Å². The summed E-state index contributed by atoms with van der Waals surface area (Å²) in [7, 11) is 1.50. The Bertz CT molecular complexity index is 442. The molecular weight excluding hydrogens is 311 g/mol. The van der Waals surface area contributed by atoms with Crippen molar-refractivity contribution < 1.29 is 14.2 Å². The van der Waals surface area contributed by atoms with Crippen LogP contribution in [-0.4, -0.2) is 12.2 Å². The van der Waals surface area contributed by atoms with Crippen LogP contribution in [-0.2, 0) is 0 Å². The highest BCUT2D eigenvalue weighted by Gasteiger charge is 2.28. The number of ether oxygens (including phenoxy) is 1. The fourth-order valence-electron chi connectivity index (χ4n) is 2.81. The summed E-state index contributed by atoms with van der Waals surface area (Å²) in [4.78, 5) is 0. The number of methoxy groups -OCH3 is 1. The Morgan fingerprint density at radius 3 is 2.53 bits per heavy atom. The van der Waals surface area contributed by atoms with Crippen molar-refractivity contribution in [3.63, 3.8) is 0 Å². The zero-order chi connectivity index (χ0) is 14.0. The van der Waals surface area contributed by atoms with Gasteiger partial charge in [0.2, 0.25) is 0 Å². The first kappa shape index (κ1) is 14.8. The van der Waals surface area contributed by atoms with E-state index in [4.69, 9.17) is 4.74 Å². The van der Waals surface area contributed by atoms with E-state index in [2.05, 4.69) is 22.9 Å². The summed E-state index contributed by atoms with van der Waals surface area (Å²) in [6.07, 6.45) is 3.74. The van der Waals surface area contributed by atoms with Crippen LogP contribution in [0.2, 0.25) is 0 Å². The normalized spacial score (nSPS) is 25.1. The first-order chi connectivity index (χ1) is 9.02. The van der Waals surface area contributed by atoms with Crippen LogP contribution in [0.4, 0.5) is 4.39 Å². The number of aliphatic hydroxyl groups is 1. The lowest BCUT2D eigenvalue weighted by Gasteiger charge is -2.30. The molecule has 0 aliphatic heterocycles. The van der Waals surface area contributed by atoms with Crippen LogP contribution < -0.4 is 4.74 Å². The van der Waals surface area contributed by atoms with Crippen molar-refractivity contribution >= 4 is 15.9 Å². The Balaban J connectivity index is 2.22. The maximum Gasteiger partial charge on any atom is 0.141 e. The van der Waals surface area contributed by atoms with Gasteiger partial charge in [0, 0.05) is 11.6 Å². The molecule has 106 valence electrons. The molecule has 2 nitrogen and oxygen atoms in total. The highest BCUT2D eigenvalue weighted by molar-refractivity contribution is 9.10. The smallest absolute Gasteiger partial charge is 0.141 e. The van der Waals surface area contributed by atoms with Crippen LogP contribution in [0.15, 0.2) is 16.6 Å². The molecule has 4 heteroatoms. The van der Waals surface area contributed by atoms with Crippen molar-refractivity contribution in [2.45, 2.75) is 38.7 Å². The molecule has 1 aromatic rings. The summed E-state index contributed by atoms with van der Waals surface area (Å²) in [5, 5.41) is 10.5. The van der Waals surface area contributed by atoms with E-state index in [1.807, 2.05) is 0 Å². The zero-order valence-electron chi connectivity index (χ0n) is 11.3. The van der Waals surface area contributed by atoms with Gasteiger partial charge in [0.25, 0.3) is 0 Å². The second-order valence-electron chi connectivity index (χ2n) is 5.47. The monoisotopic (exact) mass is 330 g/mol. The Labute approximate surface area is 122 Å². The van der Waals surface area contributed by atoms with Gasteiger partial charge in [-0.2, -0.15) is 0 Å². The predicted octanol–water partition coefficient (Wildman–Crippen LogP) is 4.46. The van der Waals surface area contributed by atoms with E-state index in [1.54, 1.807) is 6.07 Å². The van der Waals surface area contributed by atoms with Crippen molar-refractivity contribution in [3.05, 3.63) is 28.0 Å². The summed E-state index contributed by atoms with van der Waals surface area (Å²) in [6, 6.07) is 2.96. The van der Waals surface area contributed by atoms with E-state index in [0.29, 0.717) is 15.8 Å². The second-order valence-corrected chi connectivity index (χ2v) is 6.33. The molecule has 0 heterocycles. The lowest BCUT2D eigenvalue weighted by molar-refractivity contribution is 0.0733. The second kappa shape index (κ2) is 6.23. The lowest BCUT2D eigenvalue weighted by Crippen LogP contribution is -2.20. The van der Waals surface area contributed by atoms with Crippen LogP contribution in [0.25, 0.3) is 0 Å². The molecule has 1 N–H and O–H groups in total. The summed E-state index contributed by atoms with van der Waals surface area (Å²) in [5.41, 5.74) is 0.676. The molecule has 1 aliphatic carbocycles. The summed E-state index contributed by atoms with van der Waals surface area (Å²) >= 11 is 3.17. The maximum absolute atomic E-state index is 13.5. The third-order valence-corrected chi connectivity index (χ3v) is 4.71. The van der Waals surface area contributed by atoms with E-state index >= 15 is 0 Å². The van der Waals surface area contributed by atoms with E-state index in [9.17, 15) is 9.50 Å². The Morgan fingerprint density at radius 1 is 1.32 bits per heavy atom. The molecule has 1 saturated carbocycles. The molecule has 0 bridgehead atoms. The van der Waals surface area contributed by atoms with Crippen LogP contribution in [0, 0.1) is 17.7 Å². The van der Waals surface area contributed by atoms with E-state index < -0.39 is 6.10 Å². The molecule has 19 heavy (non-hydrogen) atoms. The third-order valence-electron chi connectivity index (χ3n) is 4.10. The molecule has 1 atom stereocenters. The highest BCUT2D eigenvalue weighted by atomic mass is 79.9. The summed E-state index contributed by atoms with van der Waals surface area (Å²) < 4.78 is 19.1. The highest BCUT2D eigenvalue weighted by Crippen LogP contribution is 2.40. The first-order valence-electron chi connectivity index (χ1n) is 6.74. The van der Waals surface area contributed by atoms with E-state index in [1.165, 1.54) is 13.2 Å². The Hall–Kier alpha value is -0.610. The average molecular weight is 331 g/mol. The van der Waals surface area contributed by atoms with E-state index in [0.717, 1.165) is 31.6 Å². The van der Waals surface area contributed by atoms with Gasteiger partial charge < -0.3 is 9.84 Å². The van der Waals surface area contributed by atoms with Crippen molar-refractivity contribution in [3.8, 4) is 5.75 Å². The van der Waals surface area contributed by atoms with Crippen molar-refractivity contribution in [2.24, 2.45) is 11.8 Å². The number of aliphatic hydroxyl groups excluding tert-OH is 1. The fraction of sp³-hybridized carbons (Fsp3) is 0.600. The van der Waals surface area contributed by atoms with Gasteiger partial charge in [-0.25, -0.2) is 4.39 Å². The van der Waals surface area contributed by atoms with Crippen LogP contribution in [0.1, 0.15) is 44.3 Å². The predicted molar refractivity (Wildman–Crippen MR) is 76.7 cm³/mol. The van der Waals surface area contributed by atoms with Crippen molar-refractivity contribution in [1.29, 1.82) is 0 Å². The summed E-state index contributed by atoms with van der Waals surface area (Å²) in [5.74, 6) is 1.03. The molecule has 1 aliphatic rings. The van der Waals surface area contributed by atoms with Gasteiger partial charge in [-0.15, -0.1) is 0 Å². The Morgan fingerprint density at radius 2 is 1.95 bits per heavy atom. The van der Waals surface area contributed by atoms with Crippen LogP contribution in [0.5, 0.6) is 5.75 Å². The molecule has 0 spiro atoms. The fourth-order valence-corrected chi connectivity index (χ4v) is 3.17. The van der Waals surface area contributed by atoms with Gasteiger partial charge in [0.15, 0.2) is 0 Å². The van der Waals surface area contributed by atoms with Gasteiger partial charge in [-0.05, 0) is 46.7 Å². The number of halogens is 2. The minimum Gasteiger partial charge on any atom is -0.496 e. The first-order valence-corrected chi connectivity index (χ1v) is 7.53. The molecule has 1 unspecified atom stereocenters. The quantitative estimate of drug-likeness (QED) is 0.886. The molecular formula is C15H20BrFO2. The van der Waals surface area contributed by atoms with Gasteiger partial charge in [-0.3, -0.25) is 0 Å². The third kappa shape index (κ3) is 3.29. The molecule has 0 saturated heterocycles. The van der Waals surface area contributed by atoms with Crippen molar-refractivity contribution in [2.75, 3.05) is 7.11 Å². The van der Waals surface area contributed by atoms with Gasteiger partial charge >= 0.3 is 0 Å².